The van der Waals surface area contributed by atoms with Gasteiger partial charge >= 0.3 is 0 Å². The van der Waals surface area contributed by atoms with Crippen molar-refractivity contribution in [3.05, 3.63) is 29.3 Å². The van der Waals surface area contributed by atoms with Gasteiger partial charge in [0.25, 0.3) is 0 Å². The second-order valence-electron chi connectivity index (χ2n) is 14.4. The van der Waals surface area contributed by atoms with Gasteiger partial charge in [-0.1, -0.05) is 194 Å². The van der Waals surface area contributed by atoms with Gasteiger partial charge in [0.15, 0.2) is 0 Å². The normalized spacial score (nSPS) is 14.2. The summed E-state index contributed by atoms with van der Waals surface area (Å²) >= 11 is 0. The van der Waals surface area contributed by atoms with Crippen molar-refractivity contribution >= 4 is 5.69 Å². The molecule has 1 aromatic carbocycles. The third-order valence-corrected chi connectivity index (χ3v) is 9.82. The molecular formula is C40H73N. The maximum absolute atomic E-state index is 2.70. The molecule has 0 aliphatic carbocycles. The minimum Gasteiger partial charge on any atom is -0.370 e. The Hall–Kier alpha value is -0.980. The number of fused-ring (bicyclic) bond motifs is 1. The van der Waals surface area contributed by atoms with E-state index in [1.165, 1.54) is 192 Å². The average Bonchev–Trinajstić information content (AvgIpc) is 3.22. The van der Waals surface area contributed by atoms with Gasteiger partial charge in [-0.15, -0.1) is 0 Å². The van der Waals surface area contributed by atoms with E-state index in [2.05, 4.69) is 50.8 Å². The first-order chi connectivity index (χ1) is 20.1. The molecule has 0 radical (unpaired) electrons. The van der Waals surface area contributed by atoms with Gasteiger partial charge in [-0.3, -0.25) is 0 Å². The number of nitrogens with zero attached hydrogens (tertiary/aromatic N) is 1. The van der Waals surface area contributed by atoms with E-state index in [9.17, 15) is 0 Å². The minimum atomic E-state index is 0.290. The minimum absolute atomic E-state index is 0.290. The zero-order chi connectivity index (χ0) is 29.4. The number of anilines is 1. The zero-order valence-electron chi connectivity index (χ0n) is 28.7. The van der Waals surface area contributed by atoms with E-state index in [0.717, 1.165) is 0 Å². The molecule has 0 saturated carbocycles. The summed E-state index contributed by atoms with van der Waals surface area (Å²) in [5.74, 6) is 0. The topological polar surface area (TPSA) is 3.24 Å². The Bertz CT molecular complexity index is 734. The lowest BCUT2D eigenvalue weighted by molar-refractivity contribution is 0.522. The third-order valence-electron chi connectivity index (χ3n) is 9.82. The fourth-order valence-electron chi connectivity index (χ4n) is 7.07. The highest BCUT2D eigenvalue weighted by Gasteiger charge is 2.34. The van der Waals surface area contributed by atoms with Crippen LogP contribution >= 0.6 is 0 Å². The van der Waals surface area contributed by atoms with Crippen LogP contribution in [-0.4, -0.2) is 13.1 Å². The molecule has 0 aromatic heterocycles. The number of hydrogen-bond donors (Lipinski definition) is 0. The predicted octanol–water partition coefficient (Wildman–Crippen LogP) is 13.5. The number of unbranched alkanes of at least 4 members (excludes halogenated alkanes) is 24. The van der Waals surface area contributed by atoms with Gasteiger partial charge in [0, 0.05) is 24.2 Å². The summed E-state index contributed by atoms with van der Waals surface area (Å²) in [6, 6.07) is 7.47. The van der Waals surface area contributed by atoms with E-state index in [-0.39, 0.29) is 5.41 Å². The van der Waals surface area contributed by atoms with Crippen LogP contribution in [0.2, 0.25) is 0 Å². The van der Waals surface area contributed by atoms with E-state index in [0.29, 0.717) is 0 Å². The first kappa shape index (κ1) is 36.2. The molecule has 1 aliphatic heterocycles. The number of hydrogen-bond acceptors (Lipinski definition) is 1. The van der Waals surface area contributed by atoms with Gasteiger partial charge in [-0.05, 0) is 36.5 Å². The van der Waals surface area contributed by atoms with E-state index < -0.39 is 0 Å². The molecule has 1 nitrogen and oxygen atoms in total. The molecule has 0 fully saturated rings. The van der Waals surface area contributed by atoms with Gasteiger partial charge in [0.05, 0.1) is 0 Å². The molecule has 1 aliphatic rings. The van der Waals surface area contributed by atoms with Gasteiger partial charge in [-0.2, -0.15) is 0 Å². The monoisotopic (exact) mass is 568 g/mol. The zero-order valence-corrected chi connectivity index (χ0v) is 28.7. The van der Waals surface area contributed by atoms with Crippen LogP contribution in [0.1, 0.15) is 206 Å². The Morgan fingerprint density at radius 1 is 0.512 bits per heavy atom. The van der Waals surface area contributed by atoms with Crippen LogP contribution in [0.25, 0.3) is 0 Å². The average molecular weight is 568 g/mol. The first-order valence-corrected chi connectivity index (χ1v) is 19.0. The SMILES string of the molecule is CCCCCCCCCCCCCCCCCCN1CC(C)(C)c2cc(CCCCCCCCCCCC)ccc21. The Kier molecular flexibility index (Phi) is 20.7. The Morgan fingerprint density at radius 3 is 1.34 bits per heavy atom. The van der Waals surface area contributed by atoms with Crippen molar-refractivity contribution in [2.75, 3.05) is 18.0 Å². The van der Waals surface area contributed by atoms with E-state index in [1.807, 2.05) is 0 Å². The van der Waals surface area contributed by atoms with Crippen LogP contribution in [0.15, 0.2) is 18.2 Å². The van der Waals surface area contributed by atoms with Crippen molar-refractivity contribution in [2.45, 2.75) is 206 Å². The van der Waals surface area contributed by atoms with Crippen molar-refractivity contribution in [1.82, 2.24) is 0 Å². The van der Waals surface area contributed by atoms with Gasteiger partial charge in [0.1, 0.15) is 0 Å². The number of aryl methyl sites for hydroxylation is 1. The summed E-state index contributed by atoms with van der Waals surface area (Å²) in [7, 11) is 0. The summed E-state index contributed by atoms with van der Waals surface area (Å²) in [6.07, 6.45) is 38.6. The molecule has 238 valence electrons. The van der Waals surface area contributed by atoms with Crippen molar-refractivity contribution in [3.63, 3.8) is 0 Å². The van der Waals surface area contributed by atoms with E-state index in [4.69, 9.17) is 0 Å². The maximum atomic E-state index is 2.70. The fraction of sp³-hybridized carbons (Fsp3) is 0.850. The van der Waals surface area contributed by atoms with Gasteiger partial charge in [0.2, 0.25) is 0 Å². The lowest BCUT2D eigenvalue weighted by atomic mass is 9.85. The Balaban J connectivity index is 1.49. The Labute approximate surface area is 259 Å². The summed E-state index contributed by atoms with van der Waals surface area (Å²) in [5.41, 5.74) is 5.00. The Morgan fingerprint density at radius 2 is 0.902 bits per heavy atom. The molecule has 0 saturated heterocycles. The highest BCUT2D eigenvalue weighted by molar-refractivity contribution is 5.63. The summed E-state index contributed by atoms with van der Waals surface area (Å²) in [5, 5.41) is 0. The van der Waals surface area contributed by atoms with Crippen molar-refractivity contribution in [1.29, 1.82) is 0 Å². The second-order valence-corrected chi connectivity index (χ2v) is 14.4. The molecule has 0 unspecified atom stereocenters. The highest BCUT2D eigenvalue weighted by atomic mass is 15.2. The molecule has 0 N–H and O–H groups in total. The molecule has 41 heavy (non-hydrogen) atoms. The molecule has 0 spiro atoms. The van der Waals surface area contributed by atoms with Crippen LogP contribution in [-0.2, 0) is 11.8 Å². The quantitative estimate of drug-likeness (QED) is 0.0910. The van der Waals surface area contributed by atoms with Crippen molar-refractivity contribution in [3.8, 4) is 0 Å². The van der Waals surface area contributed by atoms with Crippen LogP contribution in [0.4, 0.5) is 5.69 Å². The van der Waals surface area contributed by atoms with Crippen LogP contribution in [0.3, 0.4) is 0 Å². The summed E-state index contributed by atoms with van der Waals surface area (Å²) in [6.45, 7) is 12.0. The largest absolute Gasteiger partial charge is 0.370 e. The molecular weight excluding hydrogens is 494 g/mol. The van der Waals surface area contributed by atoms with Crippen molar-refractivity contribution in [2.24, 2.45) is 0 Å². The molecule has 0 amide bonds. The molecule has 0 atom stereocenters. The molecule has 1 heterocycles. The van der Waals surface area contributed by atoms with Crippen molar-refractivity contribution < 1.29 is 0 Å². The number of benzene rings is 1. The molecule has 1 aromatic rings. The van der Waals surface area contributed by atoms with Crippen LogP contribution in [0.5, 0.6) is 0 Å². The predicted molar refractivity (Wildman–Crippen MR) is 187 cm³/mol. The molecule has 2 rings (SSSR count). The molecule has 0 bridgehead atoms. The van der Waals surface area contributed by atoms with E-state index >= 15 is 0 Å². The second kappa shape index (κ2) is 23.5. The van der Waals surface area contributed by atoms with E-state index in [1.54, 1.807) is 11.1 Å². The summed E-state index contributed by atoms with van der Waals surface area (Å²) in [4.78, 5) is 2.70. The fourth-order valence-corrected chi connectivity index (χ4v) is 7.07. The maximum Gasteiger partial charge on any atom is 0.0405 e. The van der Waals surface area contributed by atoms with Gasteiger partial charge in [-0.25, -0.2) is 0 Å². The van der Waals surface area contributed by atoms with Gasteiger partial charge < -0.3 is 4.90 Å². The third kappa shape index (κ3) is 16.4. The van der Waals surface area contributed by atoms with Crippen LogP contribution in [0, 0.1) is 0 Å². The lowest BCUT2D eigenvalue weighted by Gasteiger charge is -2.22. The first-order valence-electron chi connectivity index (χ1n) is 19.0. The van der Waals surface area contributed by atoms with Crippen LogP contribution < -0.4 is 4.90 Å². The lowest BCUT2D eigenvalue weighted by Crippen LogP contribution is -2.29. The summed E-state index contributed by atoms with van der Waals surface area (Å²) < 4.78 is 0. The number of rotatable bonds is 28. The highest BCUT2D eigenvalue weighted by Crippen LogP contribution is 2.41. The standard InChI is InChI=1S/C40H73N/c1-5-7-9-11-13-15-17-18-19-20-21-22-24-26-28-30-34-41-36-40(3,4)38-35-37(32-33-39(38)41)31-29-27-25-23-16-14-12-10-8-6-2/h32-33,35H,5-31,34,36H2,1-4H3. The smallest absolute Gasteiger partial charge is 0.0405 e. The molecule has 1 heteroatoms.